The average molecular weight is 427 g/mol. The van der Waals surface area contributed by atoms with Crippen molar-refractivity contribution in [1.82, 2.24) is 0 Å². The lowest BCUT2D eigenvalue weighted by Gasteiger charge is -2.42. The van der Waals surface area contributed by atoms with Crippen LogP contribution in [0.2, 0.25) is 0 Å². The van der Waals surface area contributed by atoms with Crippen molar-refractivity contribution in [3.05, 3.63) is 48.0 Å². The standard InChI is InChI=1S/C21H28BrFO3/c1-4-13-20(24,14-5-2)21(22,23)19(26-15-25-3)18-12-8-10-16-9-6-7-11-17(16)18/h6-12,19,24H,4-5,13-15H2,1-3H3/t19-,21-/m0/s1. The van der Waals surface area contributed by atoms with Gasteiger partial charge in [0.05, 0.1) is 0 Å². The van der Waals surface area contributed by atoms with E-state index in [4.69, 9.17) is 9.47 Å². The van der Waals surface area contributed by atoms with Gasteiger partial charge in [-0.05, 0) is 45.1 Å². The lowest BCUT2D eigenvalue weighted by atomic mass is 9.82. The number of methoxy groups -OCH3 is 1. The van der Waals surface area contributed by atoms with Crippen LogP contribution in [0.3, 0.4) is 0 Å². The normalized spacial score (nSPS) is 15.8. The molecule has 2 aromatic carbocycles. The zero-order valence-electron chi connectivity index (χ0n) is 15.7. The summed E-state index contributed by atoms with van der Waals surface area (Å²) in [6.45, 7) is 3.80. The fourth-order valence-electron chi connectivity index (χ4n) is 3.53. The summed E-state index contributed by atoms with van der Waals surface area (Å²) < 4.78 is 24.9. The largest absolute Gasteiger partial charge is 0.385 e. The molecule has 0 fully saturated rings. The number of halogens is 2. The Morgan fingerprint density at radius 2 is 1.69 bits per heavy atom. The van der Waals surface area contributed by atoms with E-state index in [0.717, 1.165) is 10.8 Å². The van der Waals surface area contributed by atoms with Crippen molar-refractivity contribution in [2.75, 3.05) is 13.9 Å². The zero-order chi connectivity index (χ0) is 19.2. The molecule has 5 heteroatoms. The summed E-state index contributed by atoms with van der Waals surface area (Å²) in [6, 6.07) is 13.5. The van der Waals surface area contributed by atoms with Gasteiger partial charge in [-0.2, -0.15) is 0 Å². The Morgan fingerprint density at radius 3 is 2.31 bits per heavy atom. The Morgan fingerprint density at radius 1 is 1.08 bits per heavy atom. The summed E-state index contributed by atoms with van der Waals surface area (Å²) >= 11 is 3.23. The SMILES string of the molecule is CCCC(O)(CCC)[C@](F)(Br)[C@@H](OCOC)c1cccc2ccccc12. The molecule has 0 aliphatic heterocycles. The number of hydrogen-bond donors (Lipinski definition) is 1. The first-order valence-electron chi connectivity index (χ1n) is 9.09. The molecule has 0 aromatic heterocycles. The van der Waals surface area contributed by atoms with Gasteiger partial charge in [-0.25, -0.2) is 4.39 Å². The highest BCUT2D eigenvalue weighted by atomic mass is 79.9. The van der Waals surface area contributed by atoms with Crippen LogP contribution in [-0.2, 0) is 9.47 Å². The van der Waals surface area contributed by atoms with Gasteiger partial charge in [-0.1, -0.05) is 69.2 Å². The minimum atomic E-state index is -2.16. The molecule has 0 aliphatic carbocycles. The fourth-order valence-corrected chi connectivity index (χ4v) is 4.31. The van der Waals surface area contributed by atoms with Gasteiger partial charge in [0.15, 0.2) is 0 Å². The van der Waals surface area contributed by atoms with Crippen molar-refractivity contribution in [1.29, 1.82) is 0 Å². The maximum atomic E-state index is 16.2. The van der Waals surface area contributed by atoms with Crippen LogP contribution in [-0.4, -0.2) is 29.2 Å². The Balaban J connectivity index is 2.58. The quantitative estimate of drug-likeness (QED) is 0.379. The number of aliphatic hydroxyl groups is 1. The minimum absolute atomic E-state index is 0.0700. The molecule has 0 saturated carbocycles. The second-order valence-electron chi connectivity index (χ2n) is 6.68. The number of alkyl halides is 2. The van der Waals surface area contributed by atoms with Crippen molar-refractivity contribution >= 4 is 26.7 Å². The van der Waals surface area contributed by atoms with Gasteiger partial charge in [-0.15, -0.1) is 0 Å². The number of fused-ring (bicyclic) bond motifs is 1. The third-order valence-corrected chi connectivity index (χ3v) is 5.89. The van der Waals surface area contributed by atoms with Gasteiger partial charge in [0.2, 0.25) is 4.58 Å². The third kappa shape index (κ3) is 4.28. The van der Waals surface area contributed by atoms with Gasteiger partial charge >= 0.3 is 0 Å². The van der Waals surface area contributed by atoms with Crippen LogP contribution in [0.15, 0.2) is 42.5 Å². The van der Waals surface area contributed by atoms with E-state index in [0.29, 0.717) is 31.2 Å². The molecular formula is C21H28BrFO3. The van der Waals surface area contributed by atoms with Gasteiger partial charge in [0.25, 0.3) is 0 Å². The maximum Gasteiger partial charge on any atom is 0.223 e. The molecule has 0 amide bonds. The van der Waals surface area contributed by atoms with E-state index in [-0.39, 0.29) is 6.79 Å². The van der Waals surface area contributed by atoms with Crippen molar-refractivity contribution in [2.45, 2.75) is 55.8 Å². The van der Waals surface area contributed by atoms with Crippen LogP contribution in [0.5, 0.6) is 0 Å². The molecule has 0 saturated heterocycles. The average Bonchev–Trinajstić information content (AvgIpc) is 2.62. The second-order valence-corrected chi connectivity index (χ2v) is 7.83. The van der Waals surface area contributed by atoms with E-state index < -0.39 is 16.3 Å². The number of benzene rings is 2. The van der Waals surface area contributed by atoms with Gasteiger partial charge < -0.3 is 14.6 Å². The predicted molar refractivity (Wildman–Crippen MR) is 107 cm³/mol. The monoisotopic (exact) mass is 426 g/mol. The molecule has 0 radical (unpaired) electrons. The molecule has 144 valence electrons. The van der Waals surface area contributed by atoms with Crippen LogP contribution in [0.4, 0.5) is 4.39 Å². The van der Waals surface area contributed by atoms with E-state index in [2.05, 4.69) is 15.9 Å². The van der Waals surface area contributed by atoms with Crippen LogP contribution in [0, 0.1) is 0 Å². The lowest BCUT2D eigenvalue weighted by Crippen LogP contribution is -2.51. The minimum Gasteiger partial charge on any atom is -0.385 e. The van der Waals surface area contributed by atoms with Crippen LogP contribution in [0.25, 0.3) is 10.8 Å². The number of hydrogen-bond acceptors (Lipinski definition) is 3. The molecule has 3 nitrogen and oxygen atoms in total. The molecule has 0 bridgehead atoms. The van der Waals surface area contributed by atoms with E-state index in [9.17, 15) is 5.11 Å². The highest BCUT2D eigenvalue weighted by Gasteiger charge is 2.55. The van der Waals surface area contributed by atoms with E-state index in [1.807, 2.05) is 56.3 Å². The smallest absolute Gasteiger partial charge is 0.223 e. The first-order chi connectivity index (χ1) is 12.4. The highest BCUT2D eigenvalue weighted by molar-refractivity contribution is 9.10. The Bertz CT molecular complexity index is 693. The molecule has 0 unspecified atom stereocenters. The van der Waals surface area contributed by atoms with E-state index >= 15 is 4.39 Å². The van der Waals surface area contributed by atoms with Crippen molar-refractivity contribution in [2.24, 2.45) is 0 Å². The molecule has 1 N–H and O–H groups in total. The first kappa shape index (κ1) is 21.3. The molecule has 2 atom stereocenters. The van der Waals surface area contributed by atoms with Crippen LogP contribution >= 0.6 is 15.9 Å². The Hall–Kier alpha value is -1.01. The maximum absolute atomic E-state index is 16.2. The Labute approximate surface area is 163 Å². The molecule has 2 rings (SSSR count). The van der Waals surface area contributed by atoms with Gasteiger partial charge in [0, 0.05) is 7.11 Å². The zero-order valence-corrected chi connectivity index (χ0v) is 17.3. The molecule has 2 aromatic rings. The molecular weight excluding hydrogens is 399 g/mol. The first-order valence-corrected chi connectivity index (χ1v) is 9.89. The summed E-state index contributed by atoms with van der Waals surface area (Å²) in [5.74, 6) is 0. The molecule has 26 heavy (non-hydrogen) atoms. The van der Waals surface area contributed by atoms with Gasteiger partial charge in [0.1, 0.15) is 18.5 Å². The van der Waals surface area contributed by atoms with E-state index in [1.54, 1.807) is 0 Å². The summed E-state index contributed by atoms with van der Waals surface area (Å²) in [6.07, 6.45) is 0.984. The number of rotatable bonds is 10. The second kappa shape index (κ2) is 9.27. The topological polar surface area (TPSA) is 38.7 Å². The molecule has 0 spiro atoms. The Kier molecular flexibility index (Phi) is 7.59. The fraction of sp³-hybridized carbons (Fsp3) is 0.524. The van der Waals surface area contributed by atoms with Crippen molar-refractivity contribution in [3.63, 3.8) is 0 Å². The summed E-state index contributed by atoms with van der Waals surface area (Å²) in [4.78, 5) is 0. The number of ether oxygens (including phenoxy) is 2. The van der Waals surface area contributed by atoms with Crippen LogP contribution in [0.1, 0.15) is 51.2 Å². The molecule has 0 aliphatic rings. The lowest BCUT2D eigenvalue weighted by molar-refractivity contribution is -0.163. The molecule has 0 heterocycles. The third-order valence-electron chi connectivity index (χ3n) is 4.74. The summed E-state index contributed by atoms with van der Waals surface area (Å²) in [5.41, 5.74) is -0.864. The highest BCUT2D eigenvalue weighted by Crippen LogP contribution is 2.50. The predicted octanol–water partition coefficient (Wildman–Crippen LogP) is 5.89. The van der Waals surface area contributed by atoms with Crippen molar-refractivity contribution in [3.8, 4) is 0 Å². The van der Waals surface area contributed by atoms with Gasteiger partial charge in [-0.3, -0.25) is 0 Å². The van der Waals surface area contributed by atoms with Crippen LogP contribution < -0.4 is 0 Å². The van der Waals surface area contributed by atoms with Crippen molar-refractivity contribution < 1.29 is 19.0 Å². The summed E-state index contributed by atoms with van der Waals surface area (Å²) in [7, 11) is 1.50. The van der Waals surface area contributed by atoms with E-state index in [1.165, 1.54) is 7.11 Å². The summed E-state index contributed by atoms with van der Waals surface area (Å²) in [5, 5.41) is 13.1.